The molecule has 1 aromatic heterocycles. The van der Waals surface area contributed by atoms with E-state index in [1.54, 1.807) is 13.1 Å². The van der Waals surface area contributed by atoms with Crippen molar-refractivity contribution in [2.24, 2.45) is 7.05 Å². The molecular formula is C14H12F3N3O. The van der Waals surface area contributed by atoms with E-state index < -0.39 is 17.7 Å². The normalized spacial score (nSPS) is 18.3. The van der Waals surface area contributed by atoms with Crippen LogP contribution < -0.4 is 5.32 Å². The lowest BCUT2D eigenvalue weighted by Crippen LogP contribution is -2.25. The minimum Gasteiger partial charge on any atom is -0.311 e. The van der Waals surface area contributed by atoms with E-state index >= 15 is 0 Å². The first-order valence-electron chi connectivity index (χ1n) is 6.36. The second-order valence-corrected chi connectivity index (χ2v) is 4.96. The molecular weight excluding hydrogens is 283 g/mol. The minimum absolute atomic E-state index is 0.0220. The van der Waals surface area contributed by atoms with Gasteiger partial charge in [0.1, 0.15) is 5.82 Å². The lowest BCUT2D eigenvalue weighted by molar-refractivity contribution is -0.138. The van der Waals surface area contributed by atoms with Gasteiger partial charge in [-0.15, -0.1) is 0 Å². The van der Waals surface area contributed by atoms with Crippen molar-refractivity contribution in [1.82, 2.24) is 9.78 Å². The maximum atomic E-state index is 13.2. The second-order valence-electron chi connectivity index (χ2n) is 4.96. The summed E-state index contributed by atoms with van der Waals surface area (Å²) < 4.78 is 40.9. The van der Waals surface area contributed by atoms with Crippen LogP contribution in [0.1, 0.15) is 29.0 Å². The zero-order valence-corrected chi connectivity index (χ0v) is 11.1. The van der Waals surface area contributed by atoms with E-state index in [1.807, 2.05) is 0 Å². The van der Waals surface area contributed by atoms with Crippen molar-refractivity contribution >= 4 is 11.7 Å². The first kappa shape index (κ1) is 13.7. The summed E-state index contributed by atoms with van der Waals surface area (Å²) in [6.07, 6.45) is -2.97. The molecule has 1 aliphatic heterocycles. The zero-order valence-electron chi connectivity index (χ0n) is 11.1. The first-order valence-corrected chi connectivity index (χ1v) is 6.36. The van der Waals surface area contributed by atoms with Crippen molar-refractivity contribution in [2.45, 2.75) is 18.5 Å². The number of alkyl halides is 3. The molecule has 2 heterocycles. The summed E-state index contributed by atoms with van der Waals surface area (Å²) in [5.74, 6) is -0.499. The molecule has 1 aromatic carbocycles. The SMILES string of the molecule is Cn1ncc2c1NC(=O)C[C@@H]2c1ccccc1C(F)(F)F. The third kappa shape index (κ3) is 2.28. The van der Waals surface area contributed by atoms with E-state index in [2.05, 4.69) is 10.4 Å². The molecule has 21 heavy (non-hydrogen) atoms. The molecule has 0 radical (unpaired) electrons. The monoisotopic (exact) mass is 295 g/mol. The van der Waals surface area contributed by atoms with Crippen LogP contribution in [0.3, 0.4) is 0 Å². The third-order valence-electron chi connectivity index (χ3n) is 3.63. The van der Waals surface area contributed by atoms with Gasteiger partial charge in [0.25, 0.3) is 0 Å². The number of carbonyl (C=O) groups is 1. The number of hydrogen-bond acceptors (Lipinski definition) is 2. The number of anilines is 1. The van der Waals surface area contributed by atoms with E-state index in [9.17, 15) is 18.0 Å². The number of aromatic nitrogens is 2. The Kier molecular flexibility index (Phi) is 3.00. The van der Waals surface area contributed by atoms with Gasteiger partial charge in [-0.3, -0.25) is 9.48 Å². The molecule has 0 saturated carbocycles. The topological polar surface area (TPSA) is 46.9 Å². The van der Waals surface area contributed by atoms with Crippen molar-refractivity contribution in [3.05, 3.63) is 47.2 Å². The predicted octanol–water partition coefficient (Wildman–Crippen LogP) is 2.91. The molecule has 1 aliphatic rings. The molecule has 1 amide bonds. The van der Waals surface area contributed by atoms with Crippen LogP contribution in [-0.2, 0) is 18.0 Å². The van der Waals surface area contributed by atoms with Gasteiger partial charge in [-0.25, -0.2) is 0 Å². The van der Waals surface area contributed by atoms with E-state index in [0.717, 1.165) is 6.07 Å². The molecule has 1 atom stereocenters. The van der Waals surface area contributed by atoms with Crippen LogP contribution >= 0.6 is 0 Å². The molecule has 3 rings (SSSR count). The summed E-state index contributed by atoms with van der Waals surface area (Å²) in [7, 11) is 1.64. The minimum atomic E-state index is -4.45. The summed E-state index contributed by atoms with van der Waals surface area (Å²) in [4.78, 5) is 11.8. The van der Waals surface area contributed by atoms with Crippen LogP contribution in [0.25, 0.3) is 0 Å². The number of amides is 1. The van der Waals surface area contributed by atoms with Crippen LogP contribution in [0.4, 0.5) is 19.0 Å². The second kappa shape index (κ2) is 4.61. The van der Waals surface area contributed by atoms with Crippen molar-refractivity contribution in [3.8, 4) is 0 Å². The van der Waals surface area contributed by atoms with Gasteiger partial charge in [0, 0.05) is 24.9 Å². The Balaban J connectivity index is 2.16. The number of aryl methyl sites for hydroxylation is 1. The predicted molar refractivity (Wildman–Crippen MR) is 69.7 cm³/mol. The molecule has 1 N–H and O–H groups in total. The quantitative estimate of drug-likeness (QED) is 0.879. The van der Waals surface area contributed by atoms with Crippen LogP contribution in [0, 0.1) is 0 Å². The van der Waals surface area contributed by atoms with Gasteiger partial charge < -0.3 is 5.32 Å². The smallest absolute Gasteiger partial charge is 0.311 e. The van der Waals surface area contributed by atoms with Gasteiger partial charge in [-0.05, 0) is 11.6 Å². The molecule has 110 valence electrons. The van der Waals surface area contributed by atoms with Gasteiger partial charge in [-0.1, -0.05) is 18.2 Å². The highest BCUT2D eigenvalue weighted by Gasteiger charge is 2.38. The Hall–Kier alpha value is -2.31. The van der Waals surface area contributed by atoms with Crippen molar-refractivity contribution in [2.75, 3.05) is 5.32 Å². The summed E-state index contributed by atoms with van der Waals surface area (Å²) in [5, 5.41) is 6.67. The first-order chi connectivity index (χ1) is 9.88. The van der Waals surface area contributed by atoms with Gasteiger partial charge >= 0.3 is 6.18 Å². The number of carbonyl (C=O) groups excluding carboxylic acids is 1. The van der Waals surface area contributed by atoms with Crippen molar-refractivity contribution in [3.63, 3.8) is 0 Å². The highest BCUT2D eigenvalue weighted by Crippen LogP contribution is 2.42. The molecule has 2 aromatic rings. The van der Waals surface area contributed by atoms with Crippen LogP contribution in [0.5, 0.6) is 0 Å². The van der Waals surface area contributed by atoms with Gasteiger partial charge in [0.05, 0.1) is 11.8 Å². The molecule has 4 nitrogen and oxygen atoms in total. The number of hydrogen-bond donors (Lipinski definition) is 1. The third-order valence-corrected chi connectivity index (χ3v) is 3.63. The molecule has 0 bridgehead atoms. The largest absolute Gasteiger partial charge is 0.416 e. The molecule has 0 aliphatic carbocycles. The van der Waals surface area contributed by atoms with Crippen LogP contribution in [0.2, 0.25) is 0 Å². The fraction of sp³-hybridized carbons (Fsp3) is 0.286. The highest BCUT2D eigenvalue weighted by atomic mass is 19.4. The maximum Gasteiger partial charge on any atom is 0.416 e. The number of nitrogens with one attached hydrogen (secondary N) is 1. The Labute approximate surface area is 118 Å². The van der Waals surface area contributed by atoms with Gasteiger partial charge in [0.15, 0.2) is 0 Å². The van der Waals surface area contributed by atoms with Crippen LogP contribution in [0.15, 0.2) is 30.5 Å². The fourth-order valence-corrected chi connectivity index (χ4v) is 2.68. The summed E-state index contributed by atoms with van der Waals surface area (Å²) in [6, 6.07) is 5.35. The number of benzene rings is 1. The summed E-state index contributed by atoms with van der Waals surface area (Å²) in [6.45, 7) is 0. The van der Waals surface area contributed by atoms with E-state index in [0.29, 0.717) is 11.4 Å². The van der Waals surface area contributed by atoms with E-state index in [1.165, 1.54) is 23.0 Å². The van der Waals surface area contributed by atoms with E-state index in [4.69, 9.17) is 0 Å². The maximum absolute atomic E-state index is 13.2. The molecule has 0 fully saturated rings. The molecule has 0 spiro atoms. The zero-order chi connectivity index (χ0) is 15.2. The lowest BCUT2D eigenvalue weighted by atomic mass is 9.84. The van der Waals surface area contributed by atoms with E-state index in [-0.39, 0.29) is 17.9 Å². The average molecular weight is 295 g/mol. The number of halogens is 3. The number of fused-ring (bicyclic) bond motifs is 1. The van der Waals surface area contributed by atoms with Gasteiger partial charge in [-0.2, -0.15) is 18.3 Å². The lowest BCUT2D eigenvalue weighted by Gasteiger charge is -2.25. The Morgan fingerprint density at radius 3 is 2.71 bits per heavy atom. The number of nitrogens with zero attached hydrogens (tertiary/aromatic N) is 2. The van der Waals surface area contributed by atoms with Crippen molar-refractivity contribution in [1.29, 1.82) is 0 Å². The summed E-state index contributed by atoms with van der Waals surface area (Å²) in [5.41, 5.74) is 0.00223. The Morgan fingerprint density at radius 1 is 1.29 bits per heavy atom. The molecule has 0 saturated heterocycles. The Bertz CT molecular complexity index is 706. The highest BCUT2D eigenvalue weighted by molar-refractivity contribution is 5.94. The standard InChI is InChI=1S/C14H12F3N3O/c1-20-13-10(7-18-20)9(6-12(21)19-13)8-4-2-3-5-11(8)14(15,16)17/h2-5,7,9H,6H2,1H3,(H,19,21)/t9-/m1/s1. The fourth-order valence-electron chi connectivity index (χ4n) is 2.68. The van der Waals surface area contributed by atoms with Crippen molar-refractivity contribution < 1.29 is 18.0 Å². The molecule has 0 unspecified atom stereocenters. The average Bonchev–Trinajstić information content (AvgIpc) is 2.79. The number of rotatable bonds is 1. The van der Waals surface area contributed by atoms with Crippen LogP contribution in [-0.4, -0.2) is 15.7 Å². The molecule has 7 heteroatoms. The summed E-state index contributed by atoms with van der Waals surface area (Å²) >= 11 is 0. The van der Waals surface area contributed by atoms with Gasteiger partial charge in [0.2, 0.25) is 5.91 Å². The Morgan fingerprint density at radius 2 is 2.00 bits per heavy atom.